The smallest absolute Gasteiger partial charge is 0.325 e. The summed E-state index contributed by atoms with van der Waals surface area (Å²) in [6.45, 7) is 3.76. The number of aliphatic carboxylic acids is 1. The Morgan fingerprint density at radius 2 is 2.06 bits per heavy atom. The number of hydrogen-bond donors (Lipinski definition) is 3. The van der Waals surface area contributed by atoms with Crippen LogP contribution in [0.4, 0.5) is 4.79 Å². The molecule has 0 aromatic rings. The molecule has 2 atom stereocenters. The van der Waals surface area contributed by atoms with Crippen LogP contribution in [0.2, 0.25) is 0 Å². The minimum atomic E-state index is -1.07. The molecule has 1 aliphatic heterocycles. The summed E-state index contributed by atoms with van der Waals surface area (Å²) in [7, 11) is 0. The number of nitrogens with one attached hydrogen (secondary N) is 2. The molecule has 0 saturated carbocycles. The Balaban J connectivity index is 2.40. The number of hydrogen-bond acceptors (Lipinski definition) is 3. The number of likely N-dealkylation sites (tertiary alicyclic amines) is 1. The molecule has 7 heteroatoms. The molecule has 3 N–H and O–H groups in total. The van der Waals surface area contributed by atoms with Crippen LogP contribution in [-0.4, -0.2) is 53.1 Å². The number of nitrogens with zero attached hydrogens (tertiary/aromatic N) is 1. The van der Waals surface area contributed by atoms with Crippen LogP contribution < -0.4 is 10.6 Å². The third-order valence-electron chi connectivity index (χ3n) is 2.59. The maximum atomic E-state index is 11.6. The maximum absolute atomic E-state index is 11.6. The monoisotopic (exact) mass is 243 g/mol. The zero-order chi connectivity index (χ0) is 13.0. The second kappa shape index (κ2) is 5.51. The van der Waals surface area contributed by atoms with Crippen molar-refractivity contribution in [3.05, 3.63) is 0 Å². The molecule has 0 bridgehead atoms. The lowest BCUT2D eigenvalue weighted by molar-refractivity contribution is -0.138. The molecule has 7 nitrogen and oxygen atoms in total. The van der Waals surface area contributed by atoms with Crippen LogP contribution >= 0.6 is 0 Å². The van der Waals surface area contributed by atoms with Gasteiger partial charge in [0.2, 0.25) is 5.91 Å². The van der Waals surface area contributed by atoms with Gasteiger partial charge in [0.05, 0.1) is 0 Å². The van der Waals surface area contributed by atoms with Crippen molar-refractivity contribution in [2.75, 3.05) is 13.1 Å². The number of urea groups is 1. The SMILES string of the molecule is CC(=O)NC1CCN(C(=O)N[C@H](C)C(=O)O)C1. The molecule has 3 amide bonds. The van der Waals surface area contributed by atoms with Crippen LogP contribution in [0.3, 0.4) is 0 Å². The highest BCUT2D eigenvalue weighted by Gasteiger charge is 2.28. The van der Waals surface area contributed by atoms with Gasteiger partial charge in [0.25, 0.3) is 0 Å². The fourth-order valence-corrected chi connectivity index (χ4v) is 1.69. The quantitative estimate of drug-likeness (QED) is 0.615. The largest absolute Gasteiger partial charge is 0.480 e. The van der Waals surface area contributed by atoms with Crippen molar-refractivity contribution in [3.63, 3.8) is 0 Å². The average molecular weight is 243 g/mol. The van der Waals surface area contributed by atoms with E-state index >= 15 is 0 Å². The molecule has 1 unspecified atom stereocenters. The van der Waals surface area contributed by atoms with Crippen molar-refractivity contribution in [1.29, 1.82) is 0 Å². The van der Waals surface area contributed by atoms with Gasteiger partial charge in [-0.1, -0.05) is 0 Å². The van der Waals surface area contributed by atoms with Crippen LogP contribution in [0.25, 0.3) is 0 Å². The lowest BCUT2D eigenvalue weighted by Gasteiger charge is -2.19. The molecule has 0 aromatic carbocycles. The zero-order valence-electron chi connectivity index (χ0n) is 9.90. The van der Waals surface area contributed by atoms with Crippen LogP contribution in [0.15, 0.2) is 0 Å². The van der Waals surface area contributed by atoms with E-state index in [1.807, 2.05) is 0 Å². The van der Waals surface area contributed by atoms with E-state index in [9.17, 15) is 14.4 Å². The fraction of sp³-hybridized carbons (Fsp3) is 0.700. The zero-order valence-corrected chi connectivity index (χ0v) is 9.90. The third kappa shape index (κ3) is 3.93. The molecule has 1 heterocycles. The first-order chi connectivity index (χ1) is 7.90. The Morgan fingerprint density at radius 3 is 2.59 bits per heavy atom. The van der Waals surface area contributed by atoms with E-state index in [-0.39, 0.29) is 11.9 Å². The first kappa shape index (κ1) is 13.3. The molecule has 0 radical (unpaired) electrons. The Kier molecular flexibility index (Phi) is 4.30. The number of carbonyl (C=O) groups excluding carboxylic acids is 2. The molecule has 1 fully saturated rings. The molecule has 17 heavy (non-hydrogen) atoms. The summed E-state index contributed by atoms with van der Waals surface area (Å²) in [4.78, 5) is 34.5. The van der Waals surface area contributed by atoms with Gasteiger partial charge in [-0.05, 0) is 13.3 Å². The lowest BCUT2D eigenvalue weighted by atomic mass is 10.3. The number of amides is 3. The highest BCUT2D eigenvalue weighted by molar-refractivity contribution is 5.82. The molecule has 0 spiro atoms. The Labute approximate surface area is 99.2 Å². The van der Waals surface area contributed by atoms with Gasteiger partial charge >= 0.3 is 12.0 Å². The molecular formula is C10H17N3O4. The highest BCUT2D eigenvalue weighted by Crippen LogP contribution is 2.09. The van der Waals surface area contributed by atoms with Gasteiger partial charge in [-0.2, -0.15) is 0 Å². The first-order valence-electron chi connectivity index (χ1n) is 5.45. The second-order valence-corrected chi connectivity index (χ2v) is 4.14. The van der Waals surface area contributed by atoms with Crippen molar-refractivity contribution >= 4 is 17.9 Å². The predicted molar refractivity (Wildman–Crippen MR) is 59.4 cm³/mol. The molecule has 1 rings (SSSR count). The summed E-state index contributed by atoms with van der Waals surface area (Å²) < 4.78 is 0. The Morgan fingerprint density at radius 1 is 1.41 bits per heavy atom. The number of carbonyl (C=O) groups is 3. The van der Waals surface area contributed by atoms with E-state index in [4.69, 9.17) is 5.11 Å². The summed E-state index contributed by atoms with van der Waals surface area (Å²) in [6.07, 6.45) is 0.689. The van der Waals surface area contributed by atoms with E-state index in [1.165, 1.54) is 18.7 Å². The third-order valence-corrected chi connectivity index (χ3v) is 2.59. The van der Waals surface area contributed by atoms with Crippen LogP contribution in [0.5, 0.6) is 0 Å². The van der Waals surface area contributed by atoms with Crippen molar-refractivity contribution in [2.24, 2.45) is 0 Å². The standard InChI is InChI=1S/C10H17N3O4/c1-6(9(15)16)11-10(17)13-4-3-8(5-13)12-7(2)14/h6,8H,3-5H2,1-2H3,(H,11,17)(H,12,14)(H,15,16)/t6-,8?/m1/s1. The number of carboxylic acids is 1. The van der Waals surface area contributed by atoms with Gasteiger partial charge in [0.15, 0.2) is 0 Å². The predicted octanol–water partition coefficient (Wildman–Crippen LogP) is -0.620. The molecule has 96 valence electrons. The van der Waals surface area contributed by atoms with Crippen LogP contribution in [-0.2, 0) is 9.59 Å². The van der Waals surface area contributed by atoms with Gasteiger partial charge in [-0.25, -0.2) is 4.79 Å². The van der Waals surface area contributed by atoms with E-state index in [1.54, 1.807) is 0 Å². The van der Waals surface area contributed by atoms with E-state index < -0.39 is 18.0 Å². The molecule has 1 saturated heterocycles. The molecule has 0 aliphatic carbocycles. The lowest BCUT2D eigenvalue weighted by Crippen LogP contribution is -2.47. The summed E-state index contributed by atoms with van der Waals surface area (Å²) in [5.74, 6) is -1.20. The molecule has 0 aromatic heterocycles. The maximum Gasteiger partial charge on any atom is 0.325 e. The van der Waals surface area contributed by atoms with Gasteiger partial charge in [-0.15, -0.1) is 0 Å². The summed E-state index contributed by atoms with van der Waals surface area (Å²) in [6, 6.07) is -1.37. The van der Waals surface area contributed by atoms with Crippen molar-refractivity contribution < 1.29 is 19.5 Å². The molecule has 1 aliphatic rings. The topological polar surface area (TPSA) is 98.7 Å². The van der Waals surface area contributed by atoms with Gasteiger partial charge in [-0.3, -0.25) is 9.59 Å². The number of carboxylic acid groups (broad SMARTS) is 1. The minimum Gasteiger partial charge on any atom is -0.480 e. The van der Waals surface area contributed by atoms with E-state index in [0.29, 0.717) is 19.5 Å². The van der Waals surface area contributed by atoms with Gasteiger partial charge < -0.3 is 20.6 Å². The summed E-state index contributed by atoms with van der Waals surface area (Å²) in [5, 5.41) is 13.8. The summed E-state index contributed by atoms with van der Waals surface area (Å²) >= 11 is 0. The van der Waals surface area contributed by atoms with Crippen LogP contribution in [0.1, 0.15) is 20.3 Å². The molecular weight excluding hydrogens is 226 g/mol. The first-order valence-corrected chi connectivity index (χ1v) is 5.45. The Bertz CT molecular complexity index is 332. The van der Waals surface area contributed by atoms with E-state index in [0.717, 1.165) is 0 Å². The van der Waals surface area contributed by atoms with Crippen LogP contribution in [0, 0.1) is 0 Å². The Hall–Kier alpha value is -1.79. The van der Waals surface area contributed by atoms with Gasteiger partial charge in [0, 0.05) is 26.1 Å². The van der Waals surface area contributed by atoms with Gasteiger partial charge in [0.1, 0.15) is 6.04 Å². The minimum absolute atomic E-state index is 0.0432. The van der Waals surface area contributed by atoms with Crippen molar-refractivity contribution in [3.8, 4) is 0 Å². The number of rotatable bonds is 3. The highest BCUT2D eigenvalue weighted by atomic mass is 16.4. The fourth-order valence-electron chi connectivity index (χ4n) is 1.69. The summed E-state index contributed by atoms with van der Waals surface area (Å²) in [5.41, 5.74) is 0. The van der Waals surface area contributed by atoms with Crippen molar-refractivity contribution in [2.45, 2.75) is 32.4 Å². The van der Waals surface area contributed by atoms with Crippen molar-refractivity contribution in [1.82, 2.24) is 15.5 Å². The normalized spacial score (nSPS) is 20.8. The van der Waals surface area contributed by atoms with E-state index in [2.05, 4.69) is 10.6 Å². The average Bonchev–Trinajstić information content (AvgIpc) is 2.64. The second-order valence-electron chi connectivity index (χ2n) is 4.14.